The Morgan fingerprint density at radius 3 is 2.57 bits per heavy atom. The van der Waals surface area contributed by atoms with Gasteiger partial charge in [-0.25, -0.2) is 4.39 Å². The fraction of sp³-hybridized carbons (Fsp3) is 0.423. The summed E-state index contributed by atoms with van der Waals surface area (Å²) in [6, 6.07) is 8.99. The second-order valence-electron chi connectivity index (χ2n) is 9.05. The Balaban J connectivity index is 1.49. The van der Waals surface area contributed by atoms with E-state index in [-0.39, 0.29) is 28.2 Å². The molecule has 0 radical (unpaired) electrons. The fourth-order valence-corrected chi connectivity index (χ4v) is 4.81. The molecular formula is C26H30ClFN4O3. The number of halogens is 2. The van der Waals surface area contributed by atoms with Crippen molar-refractivity contribution in [2.75, 3.05) is 36.4 Å². The molecule has 4 rings (SSSR count). The summed E-state index contributed by atoms with van der Waals surface area (Å²) in [5.41, 5.74) is 1.08. The fourth-order valence-electron chi connectivity index (χ4n) is 4.65. The van der Waals surface area contributed by atoms with Crippen molar-refractivity contribution in [3.63, 3.8) is 0 Å². The lowest BCUT2D eigenvalue weighted by molar-refractivity contribution is -0.117. The summed E-state index contributed by atoms with van der Waals surface area (Å²) in [5.74, 6) is -1.64. The number of hydrogen-bond donors (Lipinski definition) is 2. The van der Waals surface area contributed by atoms with Crippen molar-refractivity contribution in [2.24, 2.45) is 0 Å². The summed E-state index contributed by atoms with van der Waals surface area (Å²) in [6.45, 7) is 5.60. The zero-order chi connectivity index (χ0) is 24.9. The highest BCUT2D eigenvalue weighted by Gasteiger charge is 2.25. The number of nitrogens with zero attached hydrogens (tertiary/aromatic N) is 2. The van der Waals surface area contributed by atoms with E-state index in [2.05, 4.69) is 22.5 Å². The number of nitrogens with one attached hydrogen (secondary N) is 2. The average molecular weight is 501 g/mol. The van der Waals surface area contributed by atoms with Crippen molar-refractivity contribution in [1.82, 2.24) is 10.2 Å². The van der Waals surface area contributed by atoms with Gasteiger partial charge in [-0.15, -0.1) is 0 Å². The number of amides is 3. The minimum Gasteiger partial charge on any atom is -0.349 e. The molecule has 0 aliphatic carbocycles. The van der Waals surface area contributed by atoms with Crippen LogP contribution in [0.3, 0.4) is 0 Å². The Morgan fingerprint density at radius 1 is 1.11 bits per heavy atom. The first-order valence-corrected chi connectivity index (χ1v) is 12.5. The van der Waals surface area contributed by atoms with Crippen molar-refractivity contribution >= 4 is 40.7 Å². The Labute approximate surface area is 209 Å². The van der Waals surface area contributed by atoms with Crippen LogP contribution in [0.1, 0.15) is 59.7 Å². The monoisotopic (exact) mass is 500 g/mol. The minimum atomic E-state index is -0.734. The Kier molecular flexibility index (Phi) is 8.03. The highest BCUT2D eigenvalue weighted by molar-refractivity contribution is 6.31. The molecule has 0 atom stereocenters. The van der Waals surface area contributed by atoms with E-state index in [1.54, 1.807) is 29.2 Å². The van der Waals surface area contributed by atoms with E-state index in [1.807, 2.05) is 0 Å². The van der Waals surface area contributed by atoms with Crippen molar-refractivity contribution in [3.8, 4) is 0 Å². The zero-order valence-electron chi connectivity index (χ0n) is 19.8. The van der Waals surface area contributed by atoms with E-state index >= 15 is 0 Å². The maximum absolute atomic E-state index is 14.3. The molecule has 2 saturated heterocycles. The highest BCUT2D eigenvalue weighted by atomic mass is 35.5. The summed E-state index contributed by atoms with van der Waals surface area (Å²) in [7, 11) is 0. The molecule has 3 amide bonds. The third-order valence-electron chi connectivity index (χ3n) is 6.51. The Hall–Kier alpha value is -2.97. The molecule has 7 nitrogen and oxygen atoms in total. The van der Waals surface area contributed by atoms with Crippen molar-refractivity contribution in [2.45, 2.75) is 45.1 Å². The number of carbonyl (C=O) groups is 3. The molecule has 2 heterocycles. The third-order valence-corrected chi connectivity index (χ3v) is 6.80. The number of anilines is 2. The van der Waals surface area contributed by atoms with Gasteiger partial charge in [-0.3, -0.25) is 14.4 Å². The normalized spacial score (nSPS) is 17.0. The molecular weight excluding hydrogens is 471 g/mol. The van der Waals surface area contributed by atoms with Gasteiger partial charge in [0.15, 0.2) is 0 Å². The van der Waals surface area contributed by atoms with Crippen molar-refractivity contribution < 1.29 is 18.8 Å². The van der Waals surface area contributed by atoms with E-state index in [0.717, 1.165) is 51.4 Å². The average Bonchev–Trinajstić information content (AvgIpc) is 3.28. The summed E-state index contributed by atoms with van der Waals surface area (Å²) in [6.07, 6.45) is 3.99. The number of carbonyl (C=O) groups excluding carboxylic acids is 3. The van der Waals surface area contributed by atoms with Gasteiger partial charge in [-0.1, -0.05) is 24.6 Å². The molecule has 0 bridgehead atoms. The van der Waals surface area contributed by atoms with Crippen LogP contribution >= 0.6 is 11.6 Å². The van der Waals surface area contributed by atoms with Crippen LogP contribution in [0.15, 0.2) is 36.4 Å². The predicted octanol–water partition coefficient (Wildman–Crippen LogP) is 4.46. The molecule has 2 aliphatic rings. The SMILES string of the molecule is CCCN1CCC(NC(=O)c2cc(Cl)c(F)cc2NC(=O)c2cccc(N3CCCC3=O)c2)CC1. The Bertz CT molecular complexity index is 1120. The van der Waals surface area contributed by atoms with Crippen LogP contribution in [0.4, 0.5) is 15.8 Å². The lowest BCUT2D eigenvalue weighted by atomic mass is 10.0. The van der Waals surface area contributed by atoms with Crippen LogP contribution in [0, 0.1) is 5.82 Å². The maximum atomic E-state index is 14.3. The highest BCUT2D eigenvalue weighted by Crippen LogP contribution is 2.27. The van der Waals surface area contributed by atoms with E-state index in [1.165, 1.54) is 6.07 Å². The largest absolute Gasteiger partial charge is 0.349 e. The summed E-state index contributed by atoms with van der Waals surface area (Å²) >= 11 is 5.98. The van der Waals surface area contributed by atoms with Crippen LogP contribution in [0.5, 0.6) is 0 Å². The van der Waals surface area contributed by atoms with Gasteiger partial charge in [0.2, 0.25) is 5.91 Å². The first kappa shape index (κ1) is 25.1. The van der Waals surface area contributed by atoms with Gasteiger partial charge >= 0.3 is 0 Å². The van der Waals surface area contributed by atoms with Gasteiger partial charge < -0.3 is 20.4 Å². The number of rotatable bonds is 7. The molecule has 35 heavy (non-hydrogen) atoms. The van der Waals surface area contributed by atoms with Crippen LogP contribution in [0.25, 0.3) is 0 Å². The van der Waals surface area contributed by atoms with Gasteiger partial charge in [0.05, 0.1) is 16.3 Å². The summed E-state index contributed by atoms with van der Waals surface area (Å²) in [5, 5.41) is 5.47. The molecule has 2 N–H and O–H groups in total. The van der Waals surface area contributed by atoms with Crippen LogP contribution in [-0.4, -0.2) is 54.8 Å². The van der Waals surface area contributed by atoms with E-state index in [0.29, 0.717) is 24.2 Å². The van der Waals surface area contributed by atoms with Crippen molar-refractivity contribution in [1.29, 1.82) is 0 Å². The predicted molar refractivity (Wildman–Crippen MR) is 135 cm³/mol. The molecule has 2 fully saturated rings. The maximum Gasteiger partial charge on any atom is 0.255 e. The standard InChI is InChI=1S/C26H30ClFN4O3/c1-2-10-31-12-8-18(9-13-31)29-26(35)20-15-21(27)22(28)16-23(20)30-25(34)17-5-3-6-19(14-17)32-11-4-7-24(32)33/h3,5-6,14-16,18H,2,4,7-13H2,1H3,(H,29,35)(H,30,34). The second-order valence-corrected chi connectivity index (χ2v) is 9.46. The molecule has 0 unspecified atom stereocenters. The van der Waals surface area contributed by atoms with Gasteiger partial charge in [0.25, 0.3) is 11.8 Å². The van der Waals surface area contributed by atoms with Gasteiger partial charge in [0, 0.05) is 43.3 Å². The Morgan fingerprint density at radius 2 is 1.89 bits per heavy atom. The molecule has 9 heteroatoms. The molecule has 0 saturated carbocycles. The quantitative estimate of drug-likeness (QED) is 0.588. The summed E-state index contributed by atoms with van der Waals surface area (Å²) < 4.78 is 14.3. The lowest BCUT2D eigenvalue weighted by Gasteiger charge is -2.32. The molecule has 0 spiro atoms. The summed E-state index contributed by atoms with van der Waals surface area (Å²) in [4.78, 5) is 42.2. The van der Waals surface area contributed by atoms with Crippen LogP contribution < -0.4 is 15.5 Å². The van der Waals surface area contributed by atoms with E-state index in [4.69, 9.17) is 11.6 Å². The number of benzene rings is 2. The number of likely N-dealkylation sites (tertiary alicyclic amines) is 1. The van der Waals surface area contributed by atoms with Gasteiger partial charge in [-0.2, -0.15) is 0 Å². The van der Waals surface area contributed by atoms with Gasteiger partial charge in [-0.05, 0) is 62.6 Å². The van der Waals surface area contributed by atoms with E-state index in [9.17, 15) is 18.8 Å². The van der Waals surface area contributed by atoms with Crippen molar-refractivity contribution in [3.05, 3.63) is 58.4 Å². The molecule has 2 aromatic carbocycles. The first-order chi connectivity index (χ1) is 16.9. The van der Waals surface area contributed by atoms with Crippen LogP contribution in [0.2, 0.25) is 5.02 Å². The second kappa shape index (κ2) is 11.2. The van der Waals surface area contributed by atoms with Crippen LogP contribution in [-0.2, 0) is 4.79 Å². The number of piperidine rings is 1. The first-order valence-electron chi connectivity index (χ1n) is 12.1. The molecule has 186 valence electrons. The smallest absolute Gasteiger partial charge is 0.255 e. The molecule has 2 aliphatic heterocycles. The third kappa shape index (κ3) is 6.00. The van der Waals surface area contributed by atoms with E-state index < -0.39 is 17.6 Å². The van der Waals surface area contributed by atoms with Gasteiger partial charge in [0.1, 0.15) is 5.82 Å². The number of hydrogen-bond acceptors (Lipinski definition) is 4. The lowest BCUT2D eigenvalue weighted by Crippen LogP contribution is -2.44. The topological polar surface area (TPSA) is 81.8 Å². The minimum absolute atomic E-state index is 0.00216. The zero-order valence-corrected chi connectivity index (χ0v) is 20.5. The molecule has 2 aromatic rings. The molecule has 0 aromatic heterocycles.